The lowest BCUT2D eigenvalue weighted by atomic mass is 9.92. The maximum absolute atomic E-state index is 10.5. The highest BCUT2D eigenvalue weighted by molar-refractivity contribution is 7.93. The highest BCUT2D eigenvalue weighted by Crippen LogP contribution is 2.20. The zero-order valence-corrected chi connectivity index (χ0v) is 8.79. The molecule has 2 atom stereocenters. The van der Waals surface area contributed by atoms with Gasteiger partial charge in [-0.15, -0.1) is 9.32 Å². The van der Waals surface area contributed by atoms with Gasteiger partial charge in [0.1, 0.15) is 0 Å². The second-order valence-corrected chi connectivity index (χ2v) is 3.71. The fourth-order valence-electron chi connectivity index (χ4n) is 1.58. The van der Waals surface area contributed by atoms with Crippen molar-refractivity contribution in [3.05, 3.63) is 10.1 Å². The molecule has 82 valence electrons. The molecule has 1 N–H and O–H groups in total. The van der Waals surface area contributed by atoms with Gasteiger partial charge in [0.25, 0.3) is 0 Å². The van der Waals surface area contributed by atoms with Crippen LogP contribution < -0.4 is 5.48 Å². The molecular weight excluding hydrogens is 208 g/mol. The summed E-state index contributed by atoms with van der Waals surface area (Å²) >= 11 is 1.08. The Labute approximate surface area is 86.6 Å². The molecule has 6 nitrogen and oxygen atoms in total. The predicted molar refractivity (Wildman–Crippen MR) is 51.9 cm³/mol. The summed E-state index contributed by atoms with van der Waals surface area (Å²) in [6.45, 7) is 0. The second kappa shape index (κ2) is 6.18. The van der Waals surface area contributed by atoms with Crippen LogP contribution in [0, 0.1) is 10.1 Å². The molecule has 1 aliphatic rings. The van der Waals surface area contributed by atoms with E-state index in [-0.39, 0.29) is 11.0 Å². The van der Waals surface area contributed by atoms with Crippen molar-refractivity contribution in [3.63, 3.8) is 0 Å². The van der Waals surface area contributed by atoms with Gasteiger partial charge in [-0.3, -0.25) is 10.1 Å². The first kappa shape index (κ1) is 11.7. The summed E-state index contributed by atoms with van der Waals surface area (Å²) in [7, 11) is 0. The van der Waals surface area contributed by atoms with Crippen LogP contribution in [0.1, 0.15) is 25.7 Å². The van der Waals surface area contributed by atoms with Crippen molar-refractivity contribution in [2.24, 2.45) is 0 Å². The summed E-state index contributed by atoms with van der Waals surface area (Å²) in [5.74, 6) is 0. The van der Waals surface area contributed by atoms with Crippen LogP contribution in [0.15, 0.2) is 0 Å². The molecule has 14 heavy (non-hydrogen) atoms. The van der Waals surface area contributed by atoms with Crippen LogP contribution in [0.25, 0.3) is 0 Å². The van der Waals surface area contributed by atoms with Crippen molar-refractivity contribution < 1.29 is 14.2 Å². The summed E-state index contributed by atoms with van der Waals surface area (Å²) in [6, 6.07) is -0.426. The van der Waals surface area contributed by atoms with Gasteiger partial charge >= 0.3 is 0 Å². The molecule has 0 aromatic rings. The number of nitrogens with zero attached hydrogens (tertiary/aromatic N) is 1. The zero-order valence-electron chi connectivity index (χ0n) is 7.97. The monoisotopic (exact) mass is 222 g/mol. The molecule has 0 aromatic carbocycles. The van der Waals surface area contributed by atoms with E-state index in [9.17, 15) is 10.1 Å². The fraction of sp³-hybridized carbons (Fsp3) is 1.00. The number of hydrogen-bond acceptors (Lipinski definition) is 6. The van der Waals surface area contributed by atoms with Gasteiger partial charge in [-0.2, -0.15) is 5.48 Å². The van der Waals surface area contributed by atoms with E-state index in [1.165, 1.54) is 0 Å². The van der Waals surface area contributed by atoms with Crippen molar-refractivity contribution in [1.82, 2.24) is 5.48 Å². The van der Waals surface area contributed by atoms with Gasteiger partial charge in [0.2, 0.25) is 6.04 Å². The van der Waals surface area contributed by atoms with Crippen LogP contribution in [-0.4, -0.2) is 23.3 Å². The van der Waals surface area contributed by atoms with Crippen molar-refractivity contribution in [2.45, 2.75) is 37.8 Å². The average molecular weight is 222 g/mol. The summed E-state index contributed by atoms with van der Waals surface area (Å²) in [5, 5.41) is 10.5. The SMILES string of the molecule is CSOONC1CCCC([N+](=O)[O-])C1. The van der Waals surface area contributed by atoms with E-state index < -0.39 is 6.04 Å². The minimum Gasteiger partial charge on any atom is -0.264 e. The molecule has 0 aromatic heterocycles. The van der Waals surface area contributed by atoms with E-state index in [0.29, 0.717) is 12.8 Å². The molecule has 0 heterocycles. The summed E-state index contributed by atoms with van der Waals surface area (Å²) in [4.78, 5) is 15.0. The maximum atomic E-state index is 10.5. The number of hydrogen-bond donors (Lipinski definition) is 1. The van der Waals surface area contributed by atoms with Gasteiger partial charge in [0.15, 0.2) is 0 Å². The molecule has 0 radical (unpaired) electrons. The van der Waals surface area contributed by atoms with Gasteiger partial charge in [0, 0.05) is 42.1 Å². The normalized spacial score (nSPS) is 27.5. The number of nitrogens with one attached hydrogen (secondary N) is 1. The summed E-state index contributed by atoms with van der Waals surface area (Å²) in [6.07, 6.45) is 4.63. The summed E-state index contributed by atoms with van der Waals surface area (Å²) < 4.78 is 4.57. The Balaban J connectivity index is 2.22. The van der Waals surface area contributed by atoms with Gasteiger partial charge in [-0.05, 0) is 12.8 Å². The van der Waals surface area contributed by atoms with Gasteiger partial charge in [-0.25, -0.2) is 0 Å². The Hall–Kier alpha value is -0.370. The molecule has 1 aliphatic carbocycles. The van der Waals surface area contributed by atoms with Crippen LogP contribution in [0.3, 0.4) is 0 Å². The third-order valence-electron chi connectivity index (χ3n) is 2.26. The molecule has 0 amide bonds. The molecule has 1 rings (SSSR count). The van der Waals surface area contributed by atoms with Gasteiger partial charge < -0.3 is 0 Å². The lowest BCUT2D eigenvalue weighted by molar-refractivity contribution is -0.527. The zero-order chi connectivity index (χ0) is 10.4. The molecule has 7 heteroatoms. The minimum absolute atomic E-state index is 0.0197. The topological polar surface area (TPSA) is 73.6 Å². The third kappa shape index (κ3) is 3.79. The van der Waals surface area contributed by atoms with Crippen LogP contribution in [0.4, 0.5) is 0 Å². The van der Waals surface area contributed by atoms with E-state index in [1.807, 2.05) is 0 Å². The number of hydroxylamine groups is 1. The highest BCUT2D eigenvalue weighted by atomic mass is 32.2. The van der Waals surface area contributed by atoms with Crippen LogP contribution in [-0.2, 0) is 9.32 Å². The van der Waals surface area contributed by atoms with Crippen molar-refractivity contribution >= 4 is 12.0 Å². The van der Waals surface area contributed by atoms with Crippen molar-refractivity contribution in [1.29, 1.82) is 0 Å². The summed E-state index contributed by atoms with van der Waals surface area (Å²) in [5.41, 5.74) is 2.66. The van der Waals surface area contributed by atoms with Crippen LogP contribution >= 0.6 is 12.0 Å². The largest absolute Gasteiger partial charge is 0.264 e. The predicted octanol–water partition coefficient (Wildman–Crippen LogP) is 1.31. The quantitative estimate of drug-likeness (QED) is 0.248. The molecule has 1 saturated carbocycles. The molecule has 1 fully saturated rings. The first-order valence-corrected chi connectivity index (χ1v) is 5.64. The first-order valence-electron chi connectivity index (χ1n) is 4.49. The van der Waals surface area contributed by atoms with E-state index in [0.717, 1.165) is 24.9 Å². The van der Waals surface area contributed by atoms with Crippen LogP contribution in [0.2, 0.25) is 0 Å². The standard InChI is InChI=1S/C7H14N2O4S/c1-14-13-12-8-6-3-2-4-7(5-6)9(10)11/h6-8H,2-5H2,1H3. The molecule has 0 saturated heterocycles. The van der Waals surface area contributed by atoms with E-state index in [1.54, 1.807) is 6.26 Å². The number of rotatable bonds is 5. The maximum Gasteiger partial charge on any atom is 0.214 e. The first-order chi connectivity index (χ1) is 6.74. The molecule has 2 unspecified atom stereocenters. The van der Waals surface area contributed by atoms with E-state index in [2.05, 4.69) is 14.8 Å². The van der Waals surface area contributed by atoms with Gasteiger partial charge in [-0.1, -0.05) is 0 Å². The van der Waals surface area contributed by atoms with Crippen LogP contribution in [0.5, 0.6) is 0 Å². The Morgan fingerprint density at radius 1 is 1.57 bits per heavy atom. The van der Waals surface area contributed by atoms with Gasteiger partial charge in [0.05, 0.1) is 0 Å². The molecule has 0 bridgehead atoms. The highest BCUT2D eigenvalue weighted by Gasteiger charge is 2.29. The Bertz CT molecular complexity index is 193. The van der Waals surface area contributed by atoms with Crippen molar-refractivity contribution in [3.8, 4) is 0 Å². The minimum atomic E-state index is -0.445. The smallest absolute Gasteiger partial charge is 0.214 e. The van der Waals surface area contributed by atoms with E-state index >= 15 is 0 Å². The Morgan fingerprint density at radius 3 is 3.00 bits per heavy atom. The van der Waals surface area contributed by atoms with E-state index in [4.69, 9.17) is 0 Å². The lowest BCUT2D eigenvalue weighted by Crippen LogP contribution is -2.38. The Morgan fingerprint density at radius 2 is 2.36 bits per heavy atom. The molecule has 0 spiro atoms. The second-order valence-electron chi connectivity index (χ2n) is 3.24. The molecular formula is C7H14N2O4S. The van der Waals surface area contributed by atoms with Crippen molar-refractivity contribution in [2.75, 3.05) is 6.26 Å². The lowest BCUT2D eigenvalue weighted by Gasteiger charge is -2.23. The fourth-order valence-corrected chi connectivity index (χ4v) is 1.69. The number of nitro groups is 1. The Kier molecular flexibility index (Phi) is 5.16. The molecule has 0 aliphatic heterocycles. The average Bonchev–Trinajstić information content (AvgIpc) is 2.19. The third-order valence-corrected chi connectivity index (χ3v) is 2.47.